The van der Waals surface area contributed by atoms with Crippen LogP contribution in [0.3, 0.4) is 0 Å². The number of carbonyl (C=O) groups is 1. The fourth-order valence-electron chi connectivity index (χ4n) is 3.99. The smallest absolute Gasteiger partial charge is 0.243 e. The first-order valence-corrected chi connectivity index (χ1v) is 11.9. The van der Waals surface area contributed by atoms with E-state index in [1.165, 1.54) is 10.9 Å². The lowest BCUT2D eigenvalue weighted by Crippen LogP contribution is -2.35. The summed E-state index contributed by atoms with van der Waals surface area (Å²) in [5.74, 6) is -0.109. The molecule has 4 rings (SSSR count). The molecule has 1 amide bonds. The maximum atomic E-state index is 12.8. The number of piperidine rings is 1. The van der Waals surface area contributed by atoms with Crippen LogP contribution in [0.4, 0.5) is 5.69 Å². The van der Waals surface area contributed by atoms with Crippen molar-refractivity contribution in [2.75, 3.05) is 18.4 Å². The molecule has 158 valence electrons. The van der Waals surface area contributed by atoms with Gasteiger partial charge in [0.25, 0.3) is 0 Å². The summed E-state index contributed by atoms with van der Waals surface area (Å²) < 4.78 is 27.2. The number of hydrogen-bond donors (Lipinski definition) is 2. The van der Waals surface area contributed by atoms with E-state index in [4.69, 9.17) is 0 Å². The molecule has 2 aromatic carbocycles. The molecule has 0 unspecified atom stereocenters. The number of carbonyl (C=O) groups excluding carboxylic acids is 1. The molecule has 6 nitrogen and oxygen atoms in total. The SMILES string of the molecule is O=C(CCCc1c[nH]c2ccccc12)Nc1cccc(S(=O)(=O)N2CCCCC2)c1. The third-order valence-corrected chi connectivity index (χ3v) is 7.49. The van der Waals surface area contributed by atoms with Crippen LogP contribution in [-0.2, 0) is 21.2 Å². The van der Waals surface area contributed by atoms with Gasteiger partial charge in [-0.2, -0.15) is 4.31 Å². The van der Waals surface area contributed by atoms with E-state index in [1.54, 1.807) is 28.6 Å². The van der Waals surface area contributed by atoms with Crippen LogP contribution in [0, 0.1) is 0 Å². The van der Waals surface area contributed by atoms with Crippen molar-refractivity contribution in [2.45, 2.75) is 43.4 Å². The van der Waals surface area contributed by atoms with Gasteiger partial charge in [-0.1, -0.05) is 30.7 Å². The van der Waals surface area contributed by atoms with E-state index in [0.29, 0.717) is 25.2 Å². The number of para-hydroxylation sites is 1. The summed E-state index contributed by atoms with van der Waals surface area (Å²) in [6.45, 7) is 1.12. The average Bonchev–Trinajstić information content (AvgIpc) is 3.18. The first-order valence-electron chi connectivity index (χ1n) is 10.5. The number of aromatic nitrogens is 1. The van der Waals surface area contributed by atoms with Gasteiger partial charge in [0, 0.05) is 42.3 Å². The van der Waals surface area contributed by atoms with Crippen molar-refractivity contribution in [3.63, 3.8) is 0 Å². The molecule has 7 heteroatoms. The summed E-state index contributed by atoms with van der Waals surface area (Å²) in [6, 6.07) is 14.7. The van der Waals surface area contributed by atoms with Crippen molar-refractivity contribution < 1.29 is 13.2 Å². The molecule has 1 aliphatic rings. The third-order valence-electron chi connectivity index (χ3n) is 5.60. The molecule has 1 saturated heterocycles. The molecule has 0 spiro atoms. The van der Waals surface area contributed by atoms with Gasteiger partial charge in [0.2, 0.25) is 15.9 Å². The van der Waals surface area contributed by atoms with Gasteiger partial charge in [-0.3, -0.25) is 4.79 Å². The predicted octanol–water partition coefficient (Wildman–Crippen LogP) is 4.30. The highest BCUT2D eigenvalue weighted by atomic mass is 32.2. The Bertz CT molecular complexity index is 1130. The number of nitrogens with one attached hydrogen (secondary N) is 2. The second-order valence-corrected chi connectivity index (χ2v) is 9.69. The minimum atomic E-state index is -3.51. The van der Waals surface area contributed by atoms with E-state index >= 15 is 0 Å². The minimum Gasteiger partial charge on any atom is -0.361 e. The third kappa shape index (κ3) is 4.57. The molecule has 0 aliphatic carbocycles. The van der Waals surface area contributed by atoms with Crippen molar-refractivity contribution in [1.82, 2.24) is 9.29 Å². The van der Waals surface area contributed by atoms with E-state index in [2.05, 4.69) is 16.4 Å². The number of H-pyrrole nitrogens is 1. The number of aryl methyl sites for hydroxylation is 1. The van der Waals surface area contributed by atoms with Crippen molar-refractivity contribution in [1.29, 1.82) is 0 Å². The fourth-order valence-corrected chi connectivity index (χ4v) is 5.55. The molecule has 2 heterocycles. The Hall–Kier alpha value is -2.64. The molecule has 1 aliphatic heterocycles. The average molecular weight is 426 g/mol. The van der Waals surface area contributed by atoms with E-state index in [-0.39, 0.29) is 10.8 Å². The van der Waals surface area contributed by atoms with Gasteiger partial charge in [-0.25, -0.2) is 8.42 Å². The molecule has 1 fully saturated rings. The van der Waals surface area contributed by atoms with Crippen LogP contribution in [0.5, 0.6) is 0 Å². The lowest BCUT2D eigenvalue weighted by molar-refractivity contribution is -0.116. The normalized spacial score (nSPS) is 15.3. The number of sulfonamides is 1. The highest BCUT2D eigenvalue weighted by Gasteiger charge is 2.26. The van der Waals surface area contributed by atoms with Gasteiger partial charge in [0.1, 0.15) is 0 Å². The number of rotatable bonds is 7. The zero-order valence-corrected chi connectivity index (χ0v) is 17.7. The summed E-state index contributed by atoms with van der Waals surface area (Å²) in [5.41, 5.74) is 2.82. The van der Waals surface area contributed by atoms with E-state index in [1.807, 2.05) is 24.4 Å². The van der Waals surface area contributed by atoms with Crippen LogP contribution in [0.2, 0.25) is 0 Å². The second kappa shape index (κ2) is 9.02. The highest BCUT2D eigenvalue weighted by molar-refractivity contribution is 7.89. The Morgan fingerprint density at radius 1 is 1.03 bits per heavy atom. The molecule has 0 saturated carbocycles. The van der Waals surface area contributed by atoms with Gasteiger partial charge in [-0.15, -0.1) is 0 Å². The molecule has 2 N–H and O–H groups in total. The lowest BCUT2D eigenvalue weighted by Gasteiger charge is -2.26. The zero-order valence-electron chi connectivity index (χ0n) is 16.9. The summed E-state index contributed by atoms with van der Waals surface area (Å²) in [7, 11) is -3.51. The predicted molar refractivity (Wildman–Crippen MR) is 119 cm³/mol. The van der Waals surface area contributed by atoms with Crippen molar-refractivity contribution >= 4 is 32.5 Å². The van der Waals surface area contributed by atoms with Crippen LogP contribution in [-0.4, -0.2) is 36.7 Å². The van der Waals surface area contributed by atoms with Gasteiger partial charge in [0.15, 0.2) is 0 Å². The minimum absolute atomic E-state index is 0.109. The van der Waals surface area contributed by atoms with Crippen molar-refractivity contribution in [3.8, 4) is 0 Å². The Morgan fingerprint density at radius 2 is 1.83 bits per heavy atom. The molecule has 3 aromatic rings. The standard InChI is InChI=1S/C23H27N3O3S/c27-23(13-6-8-18-17-24-22-12-3-2-11-21(18)22)25-19-9-7-10-20(16-19)30(28,29)26-14-4-1-5-15-26/h2-3,7,9-12,16-17,24H,1,4-6,8,13-15H2,(H,25,27). The van der Waals surface area contributed by atoms with Crippen LogP contribution >= 0.6 is 0 Å². The summed E-state index contributed by atoms with van der Waals surface area (Å²) >= 11 is 0. The van der Waals surface area contributed by atoms with E-state index in [0.717, 1.165) is 37.6 Å². The van der Waals surface area contributed by atoms with Crippen LogP contribution < -0.4 is 5.32 Å². The van der Waals surface area contributed by atoms with Crippen LogP contribution in [0.25, 0.3) is 10.9 Å². The van der Waals surface area contributed by atoms with Gasteiger partial charge in [0.05, 0.1) is 4.90 Å². The number of amides is 1. The molecule has 0 radical (unpaired) electrons. The number of benzene rings is 2. The zero-order chi connectivity index (χ0) is 21.0. The lowest BCUT2D eigenvalue weighted by atomic mass is 10.1. The molecule has 30 heavy (non-hydrogen) atoms. The number of nitrogens with zero attached hydrogens (tertiary/aromatic N) is 1. The van der Waals surface area contributed by atoms with Gasteiger partial charge < -0.3 is 10.3 Å². The summed E-state index contributed by atoms with van der Waals surface area (Å²) in [6.07, 6.45) is 6.76. The van der Waals surface area contributed by atoms with Crippen LogP contribution in [0.15, 0.2) is 59.6 Å². The number of aromatic amines is 1. The summed E-state index contributed by atoms with van der Waals surface area (Å²) in [5, 5.41) is 4.03. The Labute approximate surface area is 177 Å². The largest absolute Gasteiger partial charge is 0.361 e. The first kappa shape index (κ1) is 20.6. The maximum Gasteiger partial charge on any atom is 0.243 e. The summed E-state index contributed by atoms with van der Waals surface area (Å²) in [4.78, 5) is 15.9. The Balaban J connectivity index is 1.35. The molecular weight excluding hydrogens is 398 g/mol. The van der Waals surface area contributed by atoms with Crippen molar-refractivity contribution in [2.24, 2.45) is 0 Å². The Kier molecular flexibility index (Phi) is 6.20. The molecular formula is C23H27N3O3S. The fraction of sp³-hybridized carbons (Fsp3) is 0.348. The quantitative estimate of drug-likeness (QED) is 0.592. The topological polar surface area (TPSA) is 82.3 Å². The van der Waals surface area contributed by atoms with Crippen molar-refractivity contribution in [3.05, 3.63) is 60.3 Å². The first-order chi connectivity index (χ1) is 14.5. The Morgan fingerprint density at radius 3 is 2.67 bits per heavy atom. The van der Waals surface area contributed by atoms with Gasteiger partial charge in [-0.05, 0) is 55.5 Å². The number of fused-ring (bicyclic) bond motifs is 1. The van der Waals surface area contributed by atoms with E-state index < -0.39 is 10.0 Å². The maximum absolute atomic E-state index is 12.8. The van der Waals surface area contributed by atoms with Crippen LogP contribution in [0.1, 0.15) is 37.7 Å². The number of anilines is 1. The highest BCUT2D eigenvalue weighted by Crippen LogP contribution is 2.23. The molecule has 0 atom stereocenters. The van der Waals surface area contributed by atoms with Gasteiger partial charge >= 0.3 is 0 Å². The number of hydrogen-bond acceptors (Lipinski definition) is 3. The van der Waals surface area contributed by atoms with E-state index in [9.17, 15) is 13.2 Å². The molecule has 1 aromatic heterocycles. The monoisotopic (exact) mass is 425 g/mol. The second-order valence-electron chi connectivity index (χ2n) is 7.75. The molecule has 0 bridgehead atoms.